The molecule has 0 fully saturated rings. The monoisotopic (exact) mass is 189 g/mol. The number of hydrogen-bond donors (Lipinski definition) is 1. The van der Waals surface area contributed by atoms with Gasteiger partial charge in [-0.25, -0.2) is 0 Å². The van der Waals surface area contributed by atoms with Gasteiger partial charge in [0.15, 0.2) is 5.78 Å². The van der Waals surface area contributed by atoms with Crippen LogP contribution in [0.25, 0.3) is 0 Å². The smallest absolute Gasteiger partial charge is 0.155 e. The maximum atomic E-state index is 11.5. The van der Waals surface area contributed by atoms with Gasteiger partial charge in [0, 0.05) is 11.2 Å². The van der Waals surface area contributed by atoms with E-state index in [4.69, 9.17) is 5.73 Å². The molecule has 0 aromatic carbocycles. The minimum absolute atomic E-state index is 0.156. The molecule has 3 heteroatoms. The molecule has 0 aliphatic heterocycles. The summed E-state index contributed by atoms with van der Waals surface area (Å²) in [5, 5.41) is 0. The van der Waals surface area contributed by atoms with Crippen LogP contribution in [0.4, 0.5) is 0 Å². The van der Waals surface area contributed by atoms with E-state index >= 15 is 0 Å². The summed E-state index contributed by atoms with van der Waals surface area (Å²) in [6, 6.07) is -0.296. The molecule has 2 nitrogen and oxygen atoms in total. The summed E-state index contributed by atoms with van der Waals surface area (Å²) in [6.45, 7) is 7.79. The van der Waals surface area contributed by atoms with Gasteiger partial charge in [-0.3, -0.25) is 4.79 Å². The molecule has 0 bridgehead atoms. The Morgan fingerprint density at radius 2 is 2.00 bits per heavy atom. The molecule has 0 aliphatic rings. The third-order valence-electron chi connectivity index (χ3n) is 1.58. The number of carbonyl (C=O) groups excluding carboxylic acids is 1. The summed E-state index contributed by atoms with van der Waals surface area (Å²) in [7, 11) is 0. The van der Waals surface area contributed by atoms with Crippen molar-refractivity contribution in [1.29, 1.82) is 0 Å². The Hall–Kier alpha value is -0.0200. The number of rotatable bonds is 4. The molecule has 0 aromatic heterocycles. The van der Waals surface area contributed by atoms with Crippen LogP contribution >= 0.6 is 11.8 Å². The van der Waals surface area contributed by atoms with Crippen LogP contribution in [0.5, 0.6) is 0 Å². The number of carbonyl (C=O) groups is 1. The highest BCUT2D eigenvalue weighted by Crippen LogP contribution is 2.17. The van der Waals surface area contributed by atoms with Crippen molar-refractivity contribution in [3.05, 3.63) is 0 Å². The summed E-state index contributed by atoms with van der Waals surface area (Å²) < 4.78 is 0. The molecule has 1 atom stereocenters. The zero-order valence-corrected chi connectivity index (χ0v) is 9.20. The third-order valence-corrected chi connectivity index (χ3v) is 2.58. The highest BCUT2D eigenvalue weighted by atomic mass is 32.2. The molecular formula is C9H19NOS. The molecule has 0 aromatic rings. The van der Waals surface area contributed by atoms with Gasteiger partial charge in [-0.1, -0.05) is 27.7 Å². The van der Waals surface area contributed by atoms with Crippen LogP contribution in [0.15, 0.2) is 0 Å². The Morgan fingerprint density at radius 1 is 1.50 bits per heavy atom. The molecule has 1 unspecified atom stereocenters. The Balaban J connectivity index is 3.94. The van der Waals surface area contributed by atoms with E-state index in [0.29, 0.717) is 0 Å². The van der Waals surface area contributed by atoms with Gasteiger partial charge in [-0.15, -0.1) is 0 Å². The number of nitrogens with two attached hydrogens (primary N) is 1. The van der Waals surface area contributed by atoms with Crippen molar-refractivity contribution in [2.24, 2.45) is 11.1 Å². The van der Waals surface area contributed by atoms with Crippen LogP contribution < -0.4 is 5.73 Å². The largest absolute Gasteiger partial charge is 0.321 e. The van der Waals surface area contributed by atoms with Crippen LogP contribution in [0, 0.1) is 5.41 Å². The lowest BCUT2D eigenvalue weighted by Crippen LogP contribution is -2.40. The summed E-state index contributed by atoms with van der Waals surface area (Å²) in [6.07, 6.45) is 0. The highest BCUT2D eigenvalue weighted by Gasteiger charge is 2.26. The summed E-state index contributed by atoms with van der Waals surface area (Å²) in [5.41, 5.74) is 5.42. The second kappa shape index (κ2) is 4.87. The lowest BCUT2D eigenvalue weighted by molar-refractivity contribution is -0.127. The standard InChI is InChI=1S/C9H19NOS/c1-5-12-6-7(10)8(11)9(2,3)4/h7H,5-6,10H2,1-4H3. The minimum atomic E-state index is -0.298. The van der Waals surface area contributed by atoms with E-state index in [1.165, 1.54) is 0 Å². The average Bonchev–Trinajstić information content (AvgIpc) is 1.97. The molecule has 12 heavy (non-hydrogen) atoms. The van der Waals surface area contributed by atoms with Gasteiger partial charge in [-0.2, -0.15) is 11.8 Å². The Labute approximate surface area is 79.3 Å². The van der Waals surface area contributed by atoms with Gasteiger partial charge in [0.2, 0.25) is 0 Å². The van der Waals surface area contributed by atoms with Crippen molar-refractivity contribution in [3.8, 4) is 0 Å². The Bertz CT molecular complexity index is 151. The second-order valence-electron chi connectivity index (χ2n) is 3.88. The zero-order valence-electron chi connectivity index (χ0n) is 8.39. The van der Waals surface area contributed by atoms with Gasteiger partial charge in [0.05, 0.1) is 6.04 Å². The van der Waals surface area contributed by atoms with E-state index in [9.17, 15) is 4.79 Å². The van der Waals surface area contributed by atoms with E-state index in [-0.39, 0.29) is 17.2 Å². The first kappa shape index (κ1) is 12.0. The Kier molecular flexibility index (Phi) is 4.87. The van der Waals surface area contributed by atoms with Crippen molar-refractivity contribution in [2.45, 2.75) is 33.7 Å². The first-order valence-corrected chi connectivity index (χ1v) is 5.42. The summed E-state index contributed by atoms with van der Waals surface area (Å²) in [5.74, 6) is 1.92. The number of hydrogen-bond acceptors (Lipinski definition) is 3. The summed E-state index contributed by atoms with van der Waals surface area (Å²) in [4.78, 5) is 11.5. The fraction of sp³-hybridized carbons (Fsp3) is 0.889. The maximum absolute atomic E-state index is 11.5. The van der Waals surface area contributed by atoms with Gasteiger partial charge in [0.1, 0.15) is 0 Å². The van der Waals surface area contributed by atoms with E-state index < -0.39 is 0 Å². The van der Waals surface area contributed by atoms with Crippen LogP contribution in [0.3, 0.4) is 0 Å². The molecule has 72 valence electrons. The van der Waals surface area contributed by atoms with E-state index in [2.05, 4.69) is 6.92 Å². The highest BCUT2D eigenvalue weighted by molar-refractivity contribution is 7.99. The van der Waals surface area contributed by atoms with Crippen molar-refractivity contribution in [2.75, 3.05) is 11.5 Å². The maximum Gasteiger partial charge on any atom is 0.155 e. The number of ketones is 1. The van der Waals surface area contributed by atoms with Crippen molar-refractivity contribution in [1.82, 2.24) is 0 Å². The van der Waals surface area contributed by atoms with Crippen LogP contribution in [-0.4, -0.2) is 23.3 Å². The normalized spacial score (nSPS) is 14.4. The fourth-order valence-corrected chi connectivity index (χ4v) is 1.52. The molecule has 0 saturated heterocycles. The first-order chi connectivity index (χ1) is 5.39. The fourth-order valence-electron chi connectivity index (χ4n) is 0.877. The quantitative estimate of drug-likeness (QED) is 0.731. The van der Waals surface area contributed by atoms with Crippen LogP contribution in [-0.2, 0) is 4.79 Å². The summed E-state index contributed by atoms with van der Waals surface area (Å²) >= 11 is 1.71. The number of Topliss-reactive ketones (excluding diaryl/α,β-unsaturated/α-hetero) is 1. The SMILES string of the molecule is CCSCC(N)C(=O)C(C)(C)C. The predicted octanol–water partition coefficient (Wildman–Crippen LogP) is 1.68. The van der Waals surface area contributed by atoms with E-state index in [0.717, 1.165) is 11.5 Å². The second-order valence-corrected chi connectivity index (χ2v) is 5.20. The van der Waals surface area contributed by atoms with Crippen molar-refractivity contribution in [3.63, 3.8) is 0 Å². The molecule has 0 rings (SSSR count). The van der Waals surface area contributed by atoms with Crippen molar-refractivity contribution < 1.29 is 4.79 Å². The molecule has 0 amide bonds. The van der Waals surface area contributed by atoms with Gasteiger partial charge in [-0.05, 0) is 5.75 Å². The average molecular weight is 189 g/mol. The van der Waals surface area contributed by atoms with Crippen molar-refractivity contribution >= 4 is 17.5 Å². The van der Waals surface area contributed by atoms with Gasteiger partial charge < -0.3 is 5.73 Å². The topological polar surface area (TPSA) is 43.1 Å². The van der Waals surface area contributed by atoms with E-state index in [1.807, 2.05) is 20.8 Å². The van der Waals surface area contributed by atoms with Gasteiger partial charge >= 0.3 is 0 Å². The third kappa shape index (κ3) is 4.12. The lowest BCUT2D eigenvalue weighted by Gasteiger charge is -2.21. The molecular weight excluding hydrogens is 170 g/mol. The molecule has 0 spiro atoms. The van der Waals surface area contributed by atoms with Crippen LogP contribution in [0.1, 0.15) is 27.7 Å². The number of thioether (sulfide) groups is 1. The van der Waals surface area contributed by atoms with E-state index in [1.54, 1.807) is 11.8 Å². The molecule has 0 aliphatic carbocycles. The zero-order chi connectivity index (χ0) is 9.78. The van der Waals surface area contributed by atoms with Gasteiger partial charge in [0.25, 0.3) is 0 Å². The first-order valence-electron chi connectivity index (χ1n) is 4.27. The predicted molar refractivity (Wildman–Crippen MR) is 55.4 cm³/mol. The van der Waals surface area contributed by atoms with Crippen LogP contribution in [0.2, 0.25) is 0 Å². The minimum Gasteiger partial charge on any atom is -0.321 e. The lowest BCUT2D eigenvalue weighted by atomic mass is 9.87. The Morgan fingerprint density at radius 3 is 2.33 bits per heavy atom. The molecule has 0 saturated carbocycles. The molecule has 0 radical (unpaired) electrons. The molecule has 2 N–H and O–H groups in total. The molecule has 0 heterocycles.